The largest absolute Gasteiger partial charge is 0.378 e. The molecule has 6 aliphatic rings. The summed E-state index contributed by atoms with van der Waals surface area (Å²) in [6.45, 7) is 4.65. The lowest BCUT2D eigenvalue weighted by Crippen LogP contribution is -2.57. The molecule has 2 saturated heterocycles. The Balaban J connectivity index is 1.07. The number of amides is 2. The predicted octanol–water partition coefficient (Wildman–Crippen LogP) is 3.35. The van der Waals surface area contributed by atoms with E-state index in [4.69, 9.17) is 4.74 Å². The van der Waals surface area contributed by atoms with Crippen LogP contribution in [0.2, 0.25) is 0 Å². The van der Waals surface area contributed by atoms with Gasteiger partial charge < -0.3 is 19.9 Å². The van der Waals surface area contributed by atoms with Crippen molar-refractivity contribution in [3.8, 4) is 0 Å². The van der Waals surface area contributed by atoms with Gasteiger partial charge in [-0.25, -0.2) is 0 Å². The number of anilines is 1. The first-order chi connectivity index (χ1) is 16.1. The Kier molecular flexibility index (Phi) is 5.60. The lowest BCUT2D eigenvalue weighted by molar-refractivity contribution is -0.160. The van der Waals surface area contributed by atoms with Crippen molar-refractivity contribution in [2.75, 3.05) is 37.7 Å². The van der Waals surface area contributed by atoms with Crippen molar-refractivity contribution < 1.29 is 14.3 Å². The Labute approximate surface area is 197 Å². The number of rotatable bonds is 5. The third-order valence-corrected chi connectivity index (χ3v) is 9.09. The molecule has 6 heteroatoms. The summed E-state index contributed by atoms with van der Waals surface area (Å²) in [5.74, 6) is 2.55. The molecule has 0 aromatic heterocycles. The molecule has 7 rings (SSSR count). The minimum Gasteiger partial charge on any atom is -0.378 e. The van der Waals surface area contributed by atoms with Gasteiger partial charge in [0.15, 0.2) is 0 Å². The van der Waals surface area contributed by atoms with Crippen molar-refractivity contribution >= 4 is 17.5 Å². The van der Waals surface area contributed by atoms with Crippen LogP contribution >= 0.6 is 0 Å². The van der Waals surface area contributed by atoms with E-state index in [1.54, 1.807) is 0 Å². The van der Waals surface area contributed by atoms with Crippen LogP contribution in [0.4, 0.5) is 5.69 Å². The Morgan fingerprint density at radius 2 is 1.58 bits per heavy atom. The number of hydrogen-bond donors (Lipinski definition) is 1. The van der Waals surface area contributed by atoms with Gasteiger partial charge in [0.25, 0.3) is 0 Å². The number of carbonyl (C=O) groups is 2. The molecule has 0 spiro atoms. The molecule has 2 heterocycles. The maximum absolute atomic E-state index is 13.8. The standard InChI is InChI=1S/C27H37N3O3/c31-25(28-18-19-3-5-23(6-4-19)29-8-10-33-11-9-29)24-2-1-7-30(24)26(32)27-15-20-12-21(16-27)14-22(13-20)17-27/h3-6,20-22,24H,1-2,7-18H2,(H,28,31). The van der Waals surface area contributed by atoms with Gasteiger partial charge in [-0.2, -0.15) is 0 Å². The van der Waals surface area contributed by atoms with Crippen LogP contribution in [0.3, 0.4) is 0 Å². The highest BCUT2D eigenvalue weighted by molar-refractivity contribution is 5.91. The average Bonchev–Trinajstić information content (AvgIpc) is 3.32. The quantitative estimate of drug-likeness (QED) is 0.746. The Morgan fingerprint density at radius 3 is 2.21 bits per heavy atom. The van der Waals surface area contributed by atoms with Crippen LogP contribution in [-0.2, 0) is 20.9 Å². The molecule has 1 unspecified atom stereocenters. The minimum absolute atomic E-state index is 0.0165. The van der Waals surface area contributed by atoms with Crippen molar-refractivity contribution in [1.82, 2.24) is 10.2 Å². The number of ether oxygens (including phenoxy) is 1. The van der Waals surface area contributed by atoms with Gasteiger partial charge in [-0.15, -0.1) is 0 Å². The maximum Gasteiger partial charge on any atom is 0.243 e. The molecule has 1 N–H and O–H groups in total. The fraction of sp³-hybridized carbons (Fsp3) is 0.704. The van der Waals surface area contributed by atoms with Crippen molar-refractivity contribution in [2.24, 2.45) is 23.2 Å². The highest BCUT2D eigenvalue weighted by Gasteiger charge is 2.56. The zero-order chi connectivity index (χ0) is 22.4. The van der Waals surface area contributed by atoms with E-state index >= 15 is 0 Å². The summed E-state index contributed by atoms with van der Waals surface area (Å²) in [5, 5.41) is 3.13. The molecule has 6 nitrogen and oxygen atoms in total. The third-order valence-electron chi connectivity index (χ3n) is 9.09. The first kappa shape index (κ1) is 21.5. The fourth-order valence-corrected chi connectivity index (χ4v) is 7.91. The molecular formula is C27H37N3O3. The molecule has 6 fully saturated rings. The first-order valence-electron chi connectivity index (χ1n) is 13.1. The van der Waals surface area contributed by atoms with Gasteiger partial charge in [0.2, 0.25) is 11.8 Å². The highest BCUT2D eigenvalue weighted by Crippen LogP contribution is 2.60. The summed E-state index contributed by atoms with van der Waals surface area (Å²) in [5.41, 5.74) is 2.14. The number of likely N-dealkylation sites (tertiary alicyclic amines) is 1. The van der Waals surface area contributed by atoms with Gasteiger partial charge in [-0.1, -0.05) is 12.1 Å². The minimum atomic E-state index is -0.293. The predicted molar refractivity (Wildman–Crippen MR) is 127 cm³/mol. The van der Waals surface area contributed by atoms with E-state index in [-0.39, 0.29) is 17.4 Å². The lowest BCUT2D eigenvalue weighted by Gasteiger charge is -2.56. The number of benzene rings is 1. The SMILES string of the molecule is O=C(NCc1ccc(N2CCOCC2)cc1)C1CCCN1C(=O)C12CC3CC(CC(C3)C1)C2. The molecule has 4 saturated carbocycles. The van der Waals surface area contributed by atoms with E-state index in [0.29, 0.717) is 12.5 Å². The molecular weight excluding hydrogens is 414 g/mol. The smallest absolute Gasteiger partial charge is 0.243 e. The topological polar surface area (TPSA) is 61.9 Å². The van der Waals surface area contributed by atoms with Crippen LogP contribution in [0.1, 0.15) is 56.9 Å². The third kappa shape index (κ3) is 4.05. The summed E-state index contributed by atoms with van der Waals surface area (Å²) in [4.78, 5) is 31.2. The van der Waals surface area contributed by atoms with Gasteiger partial charge >= 0.3 is 0 Å². The summed E-state index contributed by atoms with van der Waals surface area (Å²) >= 11 is 0. The van der Waals surface area contributed by atoms with Crippen molar-refractivity contribution in [3.63, 3.8) is 0 Å². The van der Waals surface area contributed by atoms with E-state index < -0.39 is 0 Å². The molecule has 2 aliphatic heterocycles. The molecule has 1 atom stereocenters. The second kappa shape index (κ2) is 8.61. The van der Waals surface area contributed by atoms with E-state index in [0.717, 1.165) is 88.3 Å². The number of hydrogen-bond acceptors (Lipinski definition) is 4. The summed E-state index contributed by atoms with van der Waals surface area (Å²) in [6.07, 6.45) is 8.93. The second-order valence-corrected chi connectivity index (χ2v) is 11.3. The number of nitrogens with zero attached hydrogens (tertiary/aromatic N) is 2. The van der Waals surface area contributed by atoms with Gasteiger partial charge in [0.05, 0.1) is 18.6 Å². The first-order valence-corrected chi connectivity index (χ1v) is 13.1. The molecule has 1 aromatic carbocycles. The van der Waals surface area contributed by atoms with E-state index in [2.05, 4.69) is 34.5 Å². The molecule has 2 amide bonds. The second-order valence-electron chi connectivity index (χ2n) is 11.3. The Morgan fingerprint density at radius 1 is 0.939 bits per heavy atom. The summed E-state index contributed by atoms with van der Waals surface area (Å²) < 4.78 is 5.43. The maximum atomic E-state index is 13.8. The van der Waals surface area contributed by atoms with Gasteiger partial charge in [0, 0.05) is 31.9 Å². The molecule has 1 aromatic rings. The fourth-order valence-electron chi connectivity index (χ4n) is 7.91. The highest BCUT2D eigenvalue weighted by atomic mass is 16.5. The zero-order valence-electron chi connectivity index (χ0n) is 19.6. The summed E-state index contributed by atoms with van der Waals surface area (Å²) in [6, 6.07) is 8.16. The van der Waals surface area contributed by atoms with Gasteiger partial charge in [0.1, 0.15) is 6.04 Å². The van der Waals surface area contributed by atoms with Gasteiger partial charge in [-0.3, -0.25) is 9.59 Å². The van der Waals surface area contributed by atoms with Crippen molar-refractivity contribution in [3.05, 3.63) is 29.8 Å². The van der Waals surface area contributed by atoms with Crippen LogP contribution in [-0.4, -0.2) is 55.6 Å². The average molecular weight is 452 g/mol. The molecule has 4 aliphatic carbocycles. The van der Waals surface area contributed by atoms with Crippen LogP contribution in [0.15, 0.2) is 24.3 Å². The normalized spacial score (nSPS) is 35.2. The van der Waals surface area contributed by atoms with E-state index in [9.17, 15) is 9.59 Å². The number of morpholine rings is 1. The van der Waals surface area contributed by atoms with Crippen LogP contribution < -0.4 is 10.2 Å². The van der Waals surface area contributed by atoms with Crippen LogP contribution in [0, 0.1) is 23.2 Å². The monoisotopic (exact) mass is 451 g/mol. The van der Waals surface area contributed by atoms with Gasteiger partial charge in [-0.05, 0) is 86.8 Å². The summed E-state index contributed by atoms with van der Waals surface area (Å²) in [7, 11) is 0. The molecule has 4 bridgehead atoms. The van der Waals surface area contributed by atoms with Crippen molar-refractivity contribution in [1.29, 1.82) is 0 Å². The Bertz CT molecular complexity index is 857. The molecule has 0 radical (unpaired) electrons. The zero-order valence-corrected chi connectivity index (χ0v) is 19.6. The van der Waals surface area contributed by atoms with Crippen molar-refractivity contribution in [2.45, 2.75) is 64.0 Å². The van der Waals surface area contributed by atoms with E-state index in [1.807, 2.05) is 4.90 Å². The number of carbonyl (C=O) groups excluding carboxylic acids is 2. The molecule has 178 valence electrons. The number of nitrogens with one attached hydrogen (secondary N) is 1. The van der Waals surface area contributed by atoms with Crippen LogP contribution in [0.25, 0.3) is 0 Å². The lowest BCUT2D eigenvalue weighted by atomic mass is 9.49. The van der Waals surface area contributed by atoms with Crippen LogP contribution in [0.5, 0.6) is 0 Å². The Hall–Kier alpha value is -2.08. The molecule has 33 heavy (non-hydrogen) atoms. The van der Waals surface area contributed by atoms with E-state index in [1.165, 1.54) is 24.9 Å².